The van der Waals surface area contributed by atoms with Gasteiger partial charge in [0.1, 0.15) is 0 Å². The molecule has 1 aliphatic carbocycles. The molecule has 0 amide bonds. The minimum absolute atomic E-state index is 0.755. The van der Waals surface area contributed by atoms with E-state index in [1.165, 1.54) is 70.3 Å². The highest BCUT2D eigenvalue weighted by Gasteiger charge is 2.29. The predicted octanol–water partition coefficient (Wildman–Crippen LogP) is 6.77. The number of aliphatic carboxylic acids is 1. The van der Waals surface area contributed by atoms with E-state index in [4.69, 9.17) is 5.11 Å². The molecule has 1 saturated carbocycles. The molecule has 24 heavy (non-hydrogen) atoms. The third-order valence-corrected chi connectivity index (χ3v) is 5.50. The minimum atomic E-state index is -0.835. The summed E-state index contributed by atoms with van der Waals surface area (Å²) in [7, 11) is 0. The summed E-state index contributed by atoms with van der Waals surface area (Å²) in [5.41, 5.74) is 0. The van der Waals surface area contributed by atoms with E-state index in [-0.39, 0.29) is 0 Å². The van der Waals surface area contributed by atoms with Crippen LogP contribution in [0, 0.1) is 17.8 Å². The van der Waals surface area contributed by atoms with Crippen LogP contribution in [0.15, 0.2) is 24.3 Å². The highest BCUT2D eigenvalue weighted by molar-refractivity contribution is 5.79. The molecule has 0 aliphatic heterocycles. The molecule has 1 aliphatic rings. The van der Waals surface area contributed by atoms with Crippen LogP contribution in [0.2, 0.25) is 0 Å². The molecule has 1 unspecified atom stereocenters. The second-order valence-electron chi connectivity index (χ2n) is 7.54. The zero-order chi connectivity index (χ0) is 17.6. The van der Waals surface area contributed by atoms with Gasteiger partial charge in [0.2, 0.25) is 0 Å². The number of allylic oxidation sites excluding steroid dienone is 3. The third kappa shape index (κ3) is 9.30. The van der Waals surface area contributed by atoms with Crippen LogP contribution in [0.3, 0.4) is 0 Å². The molecule has 0 saturated heterocycles. The van der Waals surface area contributed by atoms with Crippen molar-refractivity contribution in [2.45, 2.75) is 90.9 Å². The normalized spacial score (nSPS) is 22.6. The highest BCUT2D eigenvalue weighted by atomic mass is 16.4. The summed E-state index contributed by atoms with van der Waals surface area (Å²) >= 11 is 0. The average Bonchev–Trinajstić information content (AvgIpc) is 3.02. The Morgan fingerprint density at radius 2 is 1.83 bits per heavy atom. The van der Waals surface area contributed by atoms with Crippen LogP contribution >= 0.6 is 0 Å². The van der Waals surface area contributed by atoms with Gasteiger partial charge in [-0.05, 0) is 56.3 Å². The summed E-state index contributed by atoms with van der Waals surface area (Å²) in [4.78, 5) is 10.5. The van der Waals surface area contributed by atoms with Crippen molar-refractivity contribution < 1.29 is 9.90 Å². The average molecular weight is 335 g/mol. The summed E-state index contributed by atoms with van der Waals surface area (Å²) in [5.74, 6) is 1.54. The maximum absolute atomic E-state index is 10.5. The number of carboxylic acid groups (broad SMARTS) is 1. The molecule has 0 spiro atoms. The zero-order valence-electron chi connectivity index (χ0n) is 15.9. The summed E-state index contributed by atoms with van der Waals surface area (Å²) in [5, 5.41) is 8.60. The number of unbranched alkanes of at least 4 members (excludes halogenated alkanes) is 6. The first-order valence-corrected chi connectivity index (χ1v) is 10.2. The van der Waals surface area contributed by atoms with Crippen LogP contribution in [-0.4, -0.2) is 11.1 Å². The molecule has 1 N–H and O–H groups in total. The fourth-order valence-corrected chi connectivity index (χ4v) is 4.06. The lowest BCUT2D eigenvalue weighted by molar-refractivity contribution is -0.131. The number of hydrogen-bond acceptors (Lipinski definition) is 1. The topological polar surface area (TPSA) is 37.3 Å². The second-order valence-corrected chi connectivity index (χ2v) is 7.54. The predicted molar refractivity (Wildman–Crippen MR) is 103 cm³/mol. The van der Waals surface area contributed by atoms with E-state index in [1.54, 1.807) is 6.08 Å². The largest absolute Gasteiger partial charge is 0.478 e. The lowest BCUT2D eigenvalue weighted by Gasteiger charge is -2.24. The summed E-state index contributed by atoms with van der Waals surface area (Å²) in [6, 6.07) is 0. The Hall–Kier alpha value is -1.05. The zero-order valence-corrected chi connectivity index (χ0v) is 15.9. The number of carbonyl (C=O) groups is 1. The molecule has 3 atom stereocenters. The summed E-state index contributed by atoms with van der Waals surface area (Å²) < 4.78 is 0. The van der Waals surface area contributed by atoms with E-state index < -0.39 is 5.97 Å². The highest BCUT2D eigenvalue weighted by Crippen LogP contribution is 2.39. The van der Waals surface area contributed by atoms with Gasteiger partial charge < -0.3 is 5.11 Å². The fraction of sp³-hybridized carbons (Fsp3) is 0.773. The van der Waals surface area contributed by atoms with Crippen molar-refractivity contribution in [1.82, 2.24) is 0 Å². The van der Waals surface area contributed by atoms with E-state index in [9.17, 15) is 4.79 Å². The second kappa shape index (κ2) is 13.3. The van der Waals surface area contributed by atoms with E-state index in [2.05, 4.69) is 26.0 Å². The van der Waals surface area contributed by atoms with Gasteiger partial charge in [-0.2, -0.15) is 0 Å². The smallest absolute Gasteiger partial charge is 0.327 e. The lowest BCUT2D eigenvalue weighted by atomic mass is 9.82. The van der Waals surface area contributed by atoms with Crippen LogP contribution in [0.1, 0.15) is 90.9 Å². The van der Waals surface area contributed by atoms with Gasteiger partial charge >= 0.3 is 5.97 Å². The number of rotatable bonds is 13. The van der Waals surface area contributed by atoms with Crippen molar-refractivity contribution in [1.29, 1.82) is 0 Å². The summed E-state index contributed by atoms with van der Waals surface area (Å²) in [6.07, 6.45) is 23.4. The minimum Gasteiger partial charge on any atom is -0.478 e. The van der Waals surface area contributed by atoms with Crippen LogP contribution in [0.5, 0.6) is 0 Å². The van der Waals surface area contributed by atoms with Crippen LogP contribution in [0.4, 0.5) is 0 Å². The Kier molecular flexibility index (Phi) is 11.6. The van der Waals surface area contributed by atoms with Crippen LogP contribution in [0.25, 0.3) is 0 Å². The van der Waals surface area contributed by atoms with Gasteiger partial charge in [-0.25, -0.2) is 4.79 Å². The molecule has 0 aromatic heterocycles. The molecule has 1 rings (SSSR count). The Morgan fingerprint density at radius 1 is 1.08 bits per heavy atom. The van der Waals surface area contributed by atoms with Crippen molar-refractivity contribution >= 4 is 5.97 Å². The number of carboxylic acids is 1. The van der Waals surface area contributed by atoms with Gasteiger partial charge in [-0.15, -0.1) is 0 Å². The maximum Gasteiger partial charge on any atom is 0.327 e. The Labute approximate surface area is 149 Å². The van der Waals surface area contributed by atoms with E-state index in [0.717, 1.165) is 30.6 Å². The monoisotopic (exact) mass is 334 g/mol. The quantitative estimate of drug-likeness (QED) is 0.229. The van der Waals surface area contributed by atoms with E-state index >= 15 is 0 Å². The number of hydrogen-bond donors (Lipinski definition) is 1. The van der Waals surface area contributed by atoms with Gasteiger partial charge in [-0.1, -0.05) is 70.6 Å². The first kappa shape index (κ1) is 21.0. The first-order valence-electron chi connectivity index (χ1n) is 10.2. The van der Waals surface area contributed by atoms with Gasteiger partial charge in [0.15, 0.2) is 0 Å². The van der Waals surface area contributed by atoms with Crippen molar-refractivity contribution in [3.05, 3.63) is 24.3 Å². The standard InChI is InChI=1S/C22H38O2/c1-3-4-5-6-7-8-11-15-20-16-13-17-21(20)19(2)14-10-9-12-18-22(23)24/h11-12,15,18-21H,3-10,13-14,16-17H2,1-2H3,(H,23,24)/t19?,20-,21+/m0/s1. The molecule has 138 valence electrons. The fourth-order valence-electron chi connectivity index (χ4n) is 4.06. The molecule has 0 aromatic carbocycles. The molecule has 0 heterocycles. The third-order valence-electron chi connectivity index (χ3n) is 5.50. The van der Waals surface area contributed by atoms with Gasteiger partial charge in [0.25, 0.3) is 0 Å². The van der Waals surface area contributed by atoms with E-state index in [1.807, 2.05) is 0 Å². The van der Waals surface area contributed by atoms with Crippen molar-refractivity contribution in [3.63, 3.8) is 0 Å². The van der Waals surface area contributed by atoms with Crippen molar-refractivity contribution in [3.8, 4) is 0 Å². The van der Waals surface area contributed by atoms with Crippen LogP contribution in [-0.2, 0) is 4.79 Å². The van der Waals surface area contributed by atoms with Crippen LogP contribution < -0.4 is 0 Å². The first-order chi connectivity index (χ1) is 11.6. The van der Waals surface area contributed by atoms with E-state index in [0.29, 0.717) is 0 Å². The lowest BCUT2D eigenvalue weighted by Crippen LogP contribution is -2.15. The molecule has 1 fully saturated rings. The van der Waals surface area contributed by atoms with Crippen molar-refractivity contribution in [2.24, 2.45) is 17.8 Å². The van der Waals surface area contributed by atoms with Gasteiger partial charge in [0.05, 0.1) is 0 Å². The molecular formula is C22H38O2. The molecule has 2 nitrogen and oxygen atoms in total. The summed E-state index contributed by atoms with van der Waals surface area (Å²) in [6.45, 7) is 4.66. The Balaban J connectivity index is 2.22. The SMILES string of the molecule is CCCCCCCC=C[C@H]1CCC[C@@H]1C(C)CCCC=CC(=O)O. The molecule has 0 aromatic rings. The van der Waals surface area contributed by atoms with Gasteiger partial charge in [0, 0.05) is 6.08 Å². The Morgan fingerprint density at radius 3 is 2.58 bits per heavy atom. The molecule has 0 radical (unpaired) electrons. The molecule has 0 bridgehead atoms. The Bertz CT molecular complexity index is 383. The maximum atomic E-state index is 10.5. The molecular weight excluding hydrogens is 296 g/mol. The van der Waals surface area contributed by atoms with Gasteiger partial charge in [-0.3, -0.25) is 0 Å². The van der Waals surface area contributed by atoms with Crippen molar-refractivity contribution in [2.75, 3.05) is 0 Å². The molecule has 2 heteroatoms.